The summed E-state index contributed by atoms with van der Waals surface area (Å²) < 4.78 is 19.7. The first kappa shape index (κ1) is 22.1. The van der Waals surface area contributed by atoms with Crippen LogP contribution in [0, 0.1) is 11.8 Å². The fraction of sp³-hybridized carbons (Fsp3) is 0.765. The van der Waals surface area contributed by atoms with Gasteiger partial charge in [0.1, 0.15) is 5.92 Å². The van der Waals surface area contributed by atoms with Crippen LogP contribution in [0.2, 0.25) is 0 Å². The molecule has 0 amide bonds. The van der Waals surface area contributed by atoms with E-state index in [4.69, 9.17) is 23.9 Å². The first-order valence-corrected chi connectivity index (χ1v) is 9.08. The molecule has 0 N–H and O–H groups in total. The second-order valence-corrected chi connectivity index (χ2v) is 6.05. The quantitative estimate of drug-likeness (QED) is 0.394. The molecule has 0 bridgehead atoms. The zero-order valence-corrected chi connectivity index (χ0v) is 16.2. The minimum atomic E-state index is -1.33. The van der Waals surface area contributed by atoms with Crippen molar-refractivity contribution in [2.24, 2.45) is 11.8 Å². The van der Waals surface area contributed by atoms with Crippen molar-refractivity contribution >= 4 is 23.9 Å². The van der Waals surface area contributed by atoms with E-state index < -0.39 is 54.0 Å². The first-order valence-electron chi connectivity index (χ1n) is 9.08. The average molecular weight is 403 g/mol. The second-order valence-electron chi connectivity index (χ2n) is 6.05. The zero-order valence-electron chi connectivity index (χ0n) is 16.2. The SMILES string of the molecule is CCOC(=O)C[C@@H]1[C@@H]2[C@H](C(=O)OCC)[C@H](C(=O)OC)ON2O[C@@H]1C(=O)OCC. The third kappa shape index (κ3) is 4.42. The number of nitrogens with zero attached hydrogens (tertiary/aromatic N) is 1. The number of ether oxygens (including phenoxy) is 4. The summed E-state index contributed by atoms with van der Waals surface area (Å²) in [6, 6.07) is -0.943. The molecule has 2 heterocycles. The first-order chi connectivity index (χ1) is 13.4. The van der Waals surface area contributed by atoms with E-state index in [1.807, 2.05) is 0 Å². The van der Waals surface area contributed by atoms with Crippen LogP contribution in [-0.2, 0) is 47.8 Å². The summed E-state index contributed by atoms with van der Waals surface area (Å²) in [5.74, 6) is -4.86. The van der Waals surface area contributed by atoms with E-state index in [2.05, 4.69) is 4.74 Å². The van der Waals surface area contributed by atoms with Gasteiger partial charge >= 0.3 is 23.9 Å². The molecule has 0 aromatic heterocycles. The monoisotopic (exact) mass is 403 g/mol. The van der Waals surface area contributed by atoms with Crippen molar-refractivity contribution in [3.63, 3.8) is 0 Å². The Morgan fingerprint density at radius 3 is 1.96 bits per heavy atom. The molecular formula is C17H25NO10. The van der Waals surface area contributed by atoms with Crippen LogP contribution >= 0.6 is 0 Å². The van der Waals surface area contributed by atoms with Crippen LogP contribution in [0.5, 0.6) is 0 Å². The standard InChI is InChI=1S/C17H25NO10/c1-5-24-10(19)8-9-12-11(15(20)25-6-2)14(16(21)23-4)28-18(12)27-13(9)17(22)26-7-3/h9,11-14H,5-8H2,1-4H3/t9-,11+,12-,13+,14-/m1/s1. The molecule has 2 aliphatic heterocycles. The number of carbonyl (C=O) groups excluding carboxylic acids is 4. The summed E-state index contributed by atoms with van der Waals surface area (Å²) in [6.07, 6.45) is -2.78. The van der Waals surface area contributed by atoms with Crippen molar-refractivity contribution in [2.45, 2.75) is 45.4 Å². The molecule has 5 atom stereocenters. The van der Waals surface area contributed by atoms with Gasteiger partial charge < -0.3 is 18.9 Å². The van der Waals surface area contributed by atoms with E-state index >= 15 is 0 Å². The Bertz CT molecular complexity index is 609. The molecule has 0 saturated carbocycles. The number of carbonyl (C=O) groups is 4. The number of rotatable bonds is 8. The smallest absolute Gasteiger partial charge is 0.338 e. The van der Waals surface area contributed by atoms with E-state index in [-0.39, 0.29) is 26.2 Å². The number of hydrogen-bond acceptors (Lipinski definition) is 11. The number of hydrogen-bond donors (Lipinski definition) is 0. The van der Waals surface area contributed by atoms with Gasteiger partial charge in [-0.1, -0.05) is 5.23 Å². The lowest BCUT2D eigenvalue weighted by Crippen LogP contribution is -2.44. The summed E-state index contributed by atoms with van der Waals surface area (Å²) >= 11 is 0. The summed E-state index contributed by atoms with van der Waals surface area (Å²) in [7, 11) is 1.15. The Morgan fingerprint density at radius 2 is 1.39 bits per heavy atom. The van der Waals surface area contributed by atoms with Crippen LogP contribution in [0.3, 0.4) is 0 Å². The van der Waals surface area contributed by atoms with Gasteiger partial charge in [-0.05, 0) is 20.8 Å². The molecule has 2 aliphatic rings. The van der Waals surface area contributed by atoms with E-state index in [1.54, 1.807) is 20.8 Å². The lowest BCUT2D eigenvalue weighted by atomic mass is 9.82. The van der Waals surface area contributed by atoms with Gasteiger partial charge in [-0.25, -0.2) is 9.59 Å². The van der Waals surface area contributed by atoms with Crippen LogP contribution in [0.25, 0.3) is 0 Å². The summed E-state index contributed by atoms with van der Waals surface area (Å²) in [5, 5.41) is 0.897. The van der Waals surface area contributed by atoms with Crippen molar-refractivity contribution in [3.05, 3.63) is 0 Å². The van der Waals surface area contributed by atoms with Crippen LogP contribution in [0.4, 0.5) is 0 Å². The maximum absolute atomic E-state index is 12.6. The lowest BCUT2D eigenvalue weighted by Gasteiger charge is -2.23. The minimum absolute atomic E-state index is 0.0701. The molecule has 0 aromatic carbocycles. The van der Waals surface area contributed by atoms with Crippen LogP contribution in [0.1, 0.15) is 27.2 Å². The third-order valence-electron chi connectivity index (χ3n) is 4.42. The van der Waals surface area contributed by atoms with Crippen LogP contribution in [-0.4, -0.2) is 74.3 Å². The number of methoxy groups -OCH3 is 1. The molecule has 28 heavy (non-hydrogen) atoms. The van der Waals surface area contributed by atoms with E-state index in [9.17, 15) is 19.2 Å². The van der Waals surface area contributed by atoms with Gasteiger partial charge in [-0.3, -0.25) is 19.3 Å². The topological polar surface area (TPSA) is 127 Å². The van der Waals surface area contributed by atoms with Crippen molar-refractivity contribution in [1.29, 1.82) is 0 Å². The Balaban J connectivity index is 2.36. The Kier molecular flexibility index (Phi) is 7.72. The summed E-state index contributed by atoms with van der Waals surface area (Å²) in [4.78, 5) is 60.0. The van der Waals surface area contributed by atoms with Crippen molar-refractivity contribution < 1.29 is 47.8 Å². The molecule has 0 aliphatic carbocycles. The maximum Gasteiger partial charge on any atom is 0.338 e. The second kappa shape index (κ2) is 9.80. The van der Waals surface area contributed by atoms with Crippen LogP contribution in [0.15, 0.2) is 0 Å². The number of fused-ring (bicyclic) bond motifs is 1. The summed E-state index contributed by atoms with van der Waals surface area (Å²) in [5.41, 5.74) is 0. The number of esters is 4. The van der Waals surface area contributed by atoms with Gasteiger partial charge in [0.05, 0.1) is 39.4 Å². The zero-order chi connectivity index (χ0) is 20.8. The van der Waals surface area contributed by atoms with Crippen LogP contribution < -0.4 is 0 Å². The molecule has 11 heteroatoms. The molecular weight excluding hydrogens is 378 g/mol. The van der Waals surface area contributed by atoms with Gasteiger partial charge in [0, 0.05) is 5.92 Å². The highest BCUT2D eigenvalue weighted by molar-refractivity contribution is 5.86. The molecule has 2 saturated heterocycles. The normalized spacial score (nSPS) is 29.1. The van der Waals surface area contributed by atoms with Crippen molar-refractivity contribution in [1.82, 2.24) is 5.23 Å². The third-order valence-corrected chi connectivity index (χ3v) is 4.42. The molecule has 11 nitrogen and oxygen atoms in total. The number of hydroxylamine groups is 2. The predicted octanol–water partition coefficient (Wildman–Crippen LogP) is -0.231. The molecule has 2 rings (SSSR count). The molecule has 0 aromatic rings. The van der Waals surface area contributed by atoms with Gasteiger partial charge in [0.2, 0.25) is 0 Å². The molecule has 2 fully saturated rings. The minimum Gasteiger partial charge on any atom is -0.467 e. The largest absolute Gasteiger partial charge is 0.467 e. The highest BCUT2D eigenvalue weighted by Gasteiger charge is 2.63. The molecule has 0 radical (unpaired) electrons. The fourth-order valence-corrected chi connectivity index (χ4v) is 3.33. The highest BCUT2D eigenvalue weighted by Crippen LogP contribution is 2.43. The molecule has 0 unspecified atom stereocenters. The van der Waals surface area contributed by atoms with Gasteiger partial charge in [-0.15, -0.1) is 0 Å². The lowest BCUT2D eigenvalue weighted by molar-refractivity contribution is -0.350. The van der Waals surface area contributed by atoms with Crippen molar-refractivity contribution in [2.75, 3.05) is 26.9 Å². The predicted molar refractivity (Wildman–Crippen MR) is 88.9 cm³/mol. The Morgan fingerprint density at radius 1 is 0.821 bits per heavy atom. The van der Waals surface area contributed by atoms with E-state index in [1.165, 1.54) is 0 Å². The van der Waals surface area contributed by atoms with E-state index in [0.29, 0.717) is 0 Å². The maximum atomic E-state index is 12.6. The Labute approximate surface area is 162 Å². The average Bonchev–Trinajstić information content (AvgIpc) is 3.18. The Hall–Kier alpha value is -2.24. The highest BCUT2D eigenvalue weighted by atomic mass is 17.0. The summed E-state index contributed by atoms with van der Waals surface area (Å²) in [6.45, 7) is 5.20. The van der Waals surface area contributed by atoms with Gasteiger partial charge in [-0.2, -0.15) is 0 Å². The van der Waals surface area contributed by atoms with Gasteiger partial charge in [0.15, 0.2) is 12.2 Å². The van der Waals surface area contributed by atoms with Gasteiger partial charge in [0.25, 0.3) is 0 Å². The van der Waals surface area contributed by atoms with Crippen molar-refractivity contribution in [3.8, 4) is 0 Å². The molecule has 158 valence electrons. The molecule has 0 spiro atoms. The fourth-order valence-electron chi connectivity index (χ4n) is 3.33. The van der Waals surface area contributed by atoms with E-state index in [0.717, 1.165) is 12.3 Å².